The summed E-state index contributed by atoms with van der Waals surface area (Å²) in [5, 5.41) is 15.0. The Balaban J connectivity index is 1.62. The molecule has 3 aromatic heterocycles. The maximum Gasteiger partial charge on any atom is 0.257 e. The molecule has 0 unspecified atom stereocenters. The molecule has 124 valence electrons. The van der Waals surface area contributed by atoms with Crippen LogP contribution in [0.15, 0.2) is 48.8 Å². The highest BCUT2D eigenvalue weighted by molar-refractivity contribution is 6.06. The number of nitrogens with zero attached hydrogens (tertiary/aromatic N) is 4. The van der Waals surface area contributed by atoms with Gasteiger partial charge in [-0.1, -0.05) is 12.1 Å². The van der Waals surface area contributed by atoms with Crippen molar-refractivity contribution in [3.63, 3.8) is 0 Å². The molecule has 1 amide bonds. The van der Waals surface area contributed by atoms with Crippen molar-refractivity contribution in [3.05, 3.63) is 60.0 Å². The third kappa shape index (κ3) is 2.76. The number of nitrogens with one attached hydrogen (secondary N) is 2. The molecule has 2 N–H and O–H groups in total. The van der Waals surface area contributed by atoms with Gasteiger partial charge in [0, 0.05) is 36.1 Å². The first kappa shape index (κ1) is 15.1. The van der Waals surface area contributed by atoms with E-state index in [0.29, 0.717) is 11.3 Å². The Labute approximate surface area is 143 Å². The summed E-state index contributed by atoms with van der Waals surface area (Å²) in [5.74, 6) is -0.209. The van der Waals surface area contributed by atoms with Crippen LogP contribution in [0.3, 0.4) is 0 Å². The number of rotatable bonds is 3. The number of pyridine rings is 1. The van der Waals surface area contributed by atoms with E-state index in [1.807, 2.05) is 50.4 Å². The molecular weight excluding hydrogens is 316 g/mol. The SMILES string of the molecule is Cc1nn(C)c2ncc(C(=O)Nc3cccc(-c4ccn[nH]4)c3)cc12. The van der Waals surface area contributed by atoms with Crippen LogP contribution in [-0.2, 0) is 7.05 Å². The van der Waals surface area contributed by atoms with Crippen LogP contribution in [0.2, 0.25) is 0 Å². The van der Waals surface area contributed by atoms with Gasteiger partial charge in [0.1, 0.15) is 0 Å². The zero-order chi connectivity index (χ0) is 17.4. The molecule has 4 rings (SSSR count). The van der Waals surface area contributed by atoms with E-state index in [2.05, 4.69) is 25.6 Å². The molecule has 0 aliphatic rings. The number of carbonyl (C=O) groups excluding carboxylic acids is 1. The highest BCUT2D eigenvalue weighted by Gasteiger charge is 2.12. The average Bonchev–Trinajstić information content (AvgIpc) is 3.24. The van der Waals surface area contributed by atoms with Crippen LogP contribution in [0, 0.1) is 6.92 Å². The summed E-state index contributed by atoms with van der Waals surface area (Å²) in [6.45, 7) is 1.90. The third-order valence-corrected chi connectivity index (χ3v) is 4.06. The number of aromatic amines is 1. The predicted molar refractivity (Wildman–Crippen MR) is 95.2 cm³/mol. The van der Waals surface area contributed by atoms with Crippen molar-refractivity contribution in [3.8, 4) is 11.3 Å². The van der Waals surface area contributed by atoms with Gasteiger partial charge in [-0.05, 0) is 31.2 Å². The normalized spacial score (nSPS) is 11.0. The van der Waals surface area contributed by atoms with E-state index < -0.39 is 0 Å². The first-order valence-electron chi connectivity index (χ1n) is 7.82. The Hall–Kier alpha value is -3.48. The van der Waals surface area contributed by atoms with Gasteiger partial charge in [-0.3, -0.25) is 14.6 Å². The second kappa shape index (κ2) is 5.86. The average molecular weight is 332 g/mol. The topological polar surface area (TPSA) is 88.5 Å². The van der Waals surface area contributed by atoms with Gasteiger partial charge in [-0.15, -0.1) is 0 Å². The van der Waals surface area contributed by atoms with Crippen LogP contribution >= 0.6 is 0 Å². The molecule has 1 aromatic carbocycles. The second-order valence-corrected chi connectivity index (χ2v) is 5.81. The van der Waals surface area contributed by atoms with E-state index in [4.69, 9.17) is 0 Å². The van der Waals surface area contributed by atoms with Gasteiger partial charge in [-0.25, -0.2) is 4.98 Å². The zero-order valence-electron chi connectivity index (χ0n) is 13.8. The first-order chi connectivity index (χ1) is 12.1. The second-order valence-electron chi connectivity index (χ2n) is 5.81. The largest absolute Gasteiger partial charge is 0.322 e. The van der Waals surface area contributed by atoms with Gasteiger partial charge in [0.15, 0.2) is 5.65 Å². The van der Waals surface area contributed by atoms with Gasteiger partial charge in [0.2, 0.25) is 0 Å². The van der Waals surface area contributed by atoms with Crippen LogP contribution in [0.1, 0.15) is 16.1 Å². The number of benzene rings is 1. The molecule has 7 nitrogen and oxygen atoms in total. The molecular formula is C18H16N6O. The number of H-pyrrole nitrogens is 1. The third-order valence-electron chi connectivity index (χ3n) is 4.06. The van der Waals surface area contributed by atoms with Crippen LogP contribution < -0.4 is 5.32 Å². The molecule has 0 aliphatic carbocycles. The van der Waals surface area contributed by atoms with Gasteiger partial charge in [0.05, 0.1) is 17.0 Å². The molecule has 0 bridgehead atoms. The Morgan fingerprint density at radius 1 is 1.24 bits per heavy atom. The fraction of sp³-hybridized carbons (Fsp3) is 0.111. The summed E-state index contributed by atoms with van der Waals surface area (Å²) < 4.78 is 1.71. The van der Waals surface area contributed by atoms with Crippen LogP contribution in [0.4, 0.5) is 5.69 Å². The number of fused-ring (bicyclic) bond motifs is 1. The van der Waals surface area contributed by atoms with Gasteiger partial charge >= 0.3 is 0 Å². The van der Waals surface area contributed by atoms with Gasteiger partial charge < -0.3 is 5.32 Å². The Morgan fingerprint density at radius 2 is 2.12 bits per heavy atom. The Kier molecular flexibility index (Phi) is 3.53. The highest BCUT2D eigenvalue weighted by Crippen LogP contribution is 2.21. The van der Waals surface area contributed by atoms with Crippen molar-refractivity contribution in [2.75, 3.05) is 5.32 Å². The summed E-state index contributed by atoms with van der Waals surface area (Å²) in [6, 6.07) is 11.3. The number of amides is 1. The van der Waals surface area contributed by atoms with Crippen molar-refractivity contribution in [1.29, 1.82) is 0 Å². The van der Waals surface area contributed by atoms with Gasteiger partial charge in [0.25, 0.3) is 5.91 Å². The first-order valence-corrected chi connectivity index (χ1v) is 7.82. The number of hydrogen-bond donors (Lipinski definition) is 2. The van der Waals surface area contributed by atoms with Crippen molar-refractivity contribution in [2.45, 2.75) is 6.92 Å². The lowest BCUT2D eigenvalue weighted by Gasteiger charge is -2.07. The maximum absolute atomic E-state index is 12.6. The predicted octanol–water partition coefficient (Wildman–Crippen LogP) is 2.92. The van der Waals surface area contributed by atoms with E-state index >= 15 is 0 Å². The molecule has 0 spiro atoms. The van der Waals surface area contributed by atoms with E-state index in [0.717, 1.165) is 28.0 Å². The van der Waals surface area contributed by atoms with Gasteiger partial charge in [-0.2, -0.15) is 10.2 Å². The highest BCUT2D eigenvalue weighted by atomic mass is 16.1. The molecule has 0 saturated heterocycles. The van der Waals surface area contributed by atoms with Crippen molar-refractivity contribution < 1.29 is 4.79 Å². The molecule has 0 radical (unpaired) electrons. The molecule has 25 heavy (non-hydrogen) atoms. The number of aryl methyl sites for hydroxylation is 2. The molecule has 3 heterocycles. The van der Waals surface area contributed by atoms with Crippen LogP contribution in [-0.4, -0.2) is 30.9 Å². The summed E-state index contributed by atoms with van der Waals surface area (Å²) in [6.07, 6.45) is 3.26. The minimum Gasteiger partial charge on any atom is -0.322 e. The Bertz CT molecular complexity index is 1060. The zero-order valence-corrected chi connectivity index (χ0v) is 13.8. The standard InChI is InChI=1S/C18H16N6O/c1-11-15-9-13(10-19-17(15)24(2)23-11)18(25)21-14-5-3-4-12(8-14)16-6-7-20-22-16/h3-10H,1-2H3,(H,20,22)(H,21,25). The van der Waals surface area contributed by atoms with E-state index in [9.17, 15) is 4.79 Å². The number of aromatic nitrogens is 5. The fourth-order valence-electron chi connectivity index (χ4n) is 2.82. The lowest BCUT2D eigenvalue weighted by molar-refractivity contribution is 0.102. The minimum absolute atomic E-state index is 0.209. The summed E-state index contributed by atoms with van der Waals surface area (Å²) in [5.41, 5.74) is 4.66. The van der Waals surface area contributed by atoms with E-state index in [1.165, 1.54) is 0 Å². The maximum atomic E-state index is 12.6. The number of anilines is 1. The number of hydrogen-bond acceptors (Lipinski definition) is 4. The smallest absolute Gasteiger partial charge is 0.257 e. The van der Waals surface area contributed by atoms with Crippen molar-refractivity contribution in [2.24, 2.45) is 7.05 Å². The molecule has 0 saturated carbocycles. The van der Waals surface area contributed by atoms with Crippen LogP contribution in [0.5, 0.6) is 0 Å². The molecule has 0 fully saturated rings. The molecule has 7 heteroatoms. The summed E-state index contributed by atoms with van der Waals surface area (Å²) in [4.78, 5) is 16.9. The van der Waals surface area contributed by atoms with Crippen molar-refractivity contribution in [1.82, 2.24) is 25.0 Å². The van der Waals surface area contributed by atoms with E-state index in [-0.39, 0.29) is 5.91 Å². The quantitative estimate of drug-likeness (QED) is 0.604. The summed E-state index contributed by atoms with van der Waals surface area (Å²) in [7, 11) is 1.84. The minimum atomic E-state index is -0.209. The summed E-state index contributed by atoms with van der Waals surface area (Å²) >= 11 is 0. The van der Waals surface area contributed by atoms with E-state index in [1.54, 1.807) is 17.1 Å². The lowest BCUT2D eigenvalue weighted by Crippen LogP contribution is -2.12. The van der Waals surface area contributed by atoms with Crippen LogP contribution in [0.25, 0.3) is 22.3 Å². The monoisotopic (exact) mass is 332 g/mol. The number of carbonyl (C=O) groups is 1. The lowest BCUT2D eigenvalue weighted by atomic mass is 10.1. The van der Waals surface area contributed by atoms with Crippen molar-refractivity contribution >= 4 is 22.6 Å². The fourth-order valence-corrected chi connectivity index (χ4v) is 2.82. The molecule has 0 atom stereocenters. The Morgan fingerprint density at radius 3 is 2.92 bits per heavy atom. The molecule has 4 aromatic rings. The molecule has 0 aliphatic heterocycles.